The van der Waals surface area contributed by atoms with Gasteiger partial charge in [0.2, 0.25) is 0 Å². The first-order chi connectivity index (χ1) is 9.19. The van der Waals surface area contributed by atoms with Crippen molar-refractivity contribution in [1.82, 2.24) is 0 Å². The van der Waals surface area contributed by atoms with Crippen molar-refractivity contribution in [3.8, 4) is 0 Å². The van der Waals surface area contributed by atoms with E-state index in [-0.39, 0.29) is 0 Å². The lowest BCUT2D eigenvalue weighted by molar-refractivity contribution is 0.558. The smallest absolute Gasteiger partial charge is 0.0444 e. The molecule has 1 aromatic rings. The first-order valence-electron chi connectivity index (χ1n) is 7.76. The summed E-state index contributed by atoms with van der Waals surface area (Å²) in [4.78, 5) is 2.45. The number of aryl methyl sites for hydroxylation is 1. The highest BCUT2D eigenvalue weighted by molar-refractivity contribution is 5.64. The molecule has 0 saturated carbocycles. The fraction of sp³-hybridized carbons (Fsp3) is 0.556. The van der Waals surface area contributed by atoms with Gasteiger partial charge in [0.05, 0.1) is 0 Å². The summed E-state index contributed by atoms with van der Waals surface area (Å²) in [5, 5.41) is 0. The SMILES string of the molecule is C=C(C(C)CCCC)N1CCc2c(CC)cccc21. The summed E-state index contributed by atoms with van der Waals surface area (Å²) < 4.78 is 0. The minimum absolute atomic E-state index is 0.594. The van der Waals surface area contributed by atoms with E-state index in [1.165, 1.54) is 42.6 Å². The summed E-state index contributed by atoms with van der Waals surface area (Å²) in [5.41, 5.74) is 5.77. The molecule has 1 aromatic carbocycles. The molecule has 0 fully saturated rings. The number of benzene rings is 1. The summed E-state index contributed by atoms with van der Waals surface area (Å²) in [5.74, 6) is 0.594. The summed E-state index contributed by atoms with van der Waals surface area (Å²) >= 11 is 0. The number of allylic oxidation sites excluding steroid dienone is 1. The van der Waals surface area contributed by atoms with Gasteiger partial charge in [-0.3, -0.25) is 0 Å². The molecule has 0 radical (unpaired) electrons. The molecule has 0 amide bonds. The Hall–Kier alpha value is -1.24. The highest BCUT2D eigenvalue weighted by Gasteiger charge is 2.24. The van der Waals surface area contributed by atoms with Crippen LogP contribution in [0, 0.1) is 5.92 Å². The molecule has 1 unspecified atom stereocenters. The van der Waals surface area contributed by atoms with Crippen LogP contribution < -0.4 is 4.90 Å². The van der Waals surface area contributed by atoms with Crippen molar-refractivity contribution in [2.75, 3.05) is 11.4 Å². The zero-order valence-electron chi connectivity index (χ0n) is 12.7. The largest absolute Gasteiger partial charge is 0.345 e. The van der Waals surface area contributed by atoms with Gasteiger partial charge in [0.15, 0.2) is 0 Å². The van der Waals surface area contributed by atoms with Crippen LogP contribution in [0.3, 0.4) is 0 Å². The number of rotatable bonds is 6. The second-order valence-electron chi connectivity index (χ2n) is 5.70. The van der Waals surface area contributed by atoms with Gasteiger partial charge >= 0.3 is 0 Å². The monoisotopic (exact) mass is 257 g/mol. The number of nitrogens with zero attached hydrogens (tertiary/aromatic N) is 1. The van der Waals surface area contributed by atoms with Crippen molar-refractivity contribution in [2.24, 2.45) is 5.92 Å². The van der Waals surface area contributed by atoms with E-state index in [1.807, 2.05) is 0 Å². The Kier molecular flexibility index (Phi) is 4.68. The van der Waals surface area contributed by atoms with Gasteiger partial charge in [0.25, 0.3) is 0 Å². The third kappa shape index (κ3) is 2.86. The molecule has 2 rings (SSSR count). The number of hydrogen-bond acceptors (Lipinski definition) is 1. The van der Waals surface area contributed by atoms with Gasteiger partial charge in [-0.05, 0) is 42.4 Å². The predicted molar refractivity (Wildman–Crippen MR) is 84.7 cm³/mol. The molecule has 0 bridgehead atoms. The second kappa shape index (κ2) is 6.27. The number of fused-ring (bicyclic) bond motifs is 1. The Morgan fingerprint density at radius 2 is 2.16 bits per heavy atom. The Labute approximate surface area is 118 Å². The maximum atomic E-state index is 4.37. The third-order valence-electron chi connectivity index (χ3n) is 4.41. The van der Waals surface area contributed by atoms with E-state index in [1.54, 1.807) is 5.56 Å². The molecule has 104 valence electrons. The van der Waals surface area contributed by atoms with Crippen LogP contribution in [-0.4, -0.2) is 6.54 Å². The molecule has 19 heavy (non-hydrogen) atoms. The average Bonchev–Trinajstić information content (AvgIpc) is 2.87. The number of unbranched alkanes of at least 4 members (excludes halogenated alkanes) is 1. The van der Waals surface area contributed by atoms with Crippen molar-refractivity contribution in [1.29, 1.82) is 0 Å². The normalized spacial score (nSPS) is 15.4. The van der Waals surface area contributed by atoms with E-state index in [0.717, 1.165) is 13.0 Å². The lowest BCUT2D eigenvalue weighted by Crippen LogP contribution is -2.23. The predicted octanol–water partition coefficient (Wildman–Crippen LogP) is 4.95. The van der Waals surface area contributed by atoms with Gasteiger partial charge in [0, 0.05) is 17.9 Å². The number of hydrogen-bond donors (Lipinski definition) is 0. The van der Waals surface area contributed by atoms with Gasteiger partial charge in [-0.1, -0.05) is 52.3 Å². The molecule has 0 N–H and O–H groups in total. The highest BCUT2D eigenvalue weighted by Crippen LogP contribution is 2.35. The molecular formula is C18H27N. The zero-order chi connectivity index (χ0) is 13.8. The van der Waals surface area contributed by atoms with Gasteiger partial charge in [-0.2, -0.15) is 0 Å². The molecule has 1 nitrogen and oxygen atoms in total. The molecule has 1 atom stereocenters. The van der Waals surface area contributed by atoms with E-state index in [2.05, 4.69) is 50.4 Å². The molecule has 0 saturated heterocycles. The summed E-state index contributed by atoms with van der Waals surface area (Å²) in [6.07, 6.45) is 6.15. The van der Waals surface area contributed by atoms with E-state index >= 15 is 0 Å². The Morgan fingerprint density at radius 1 is 1.37 bits per heavy atom. The van der Waals surface area contributed by atoms with Gasteiger partial charge < -0.3 is 4.90 Å². The Morgan fingerprint density at radius 3 is 2.84 bits per heavy atom. The fourth-order valence-electron chi connectivity index (χ4n) is 3.08. The number of anilines is 1. The average molecular weight is 257 g/mol. The van der Waals surface area contributed by atoms with Crippen LogP contribution in [0.1, 0.15) is 51.2 Å². The quantitative estimate of drug-likeness (QED) is 0.697. The van der Waals surface area contributed by atoms with Crippen LogP contribution in [0.25, 0.3) is 0 Å². The summed E-state index contributed by atoms with van der Waals surface area (Å²) in [7, 11) is 0. The standard InChI is InChI=1S/C18H27N/c1-5-7-9-14(3)15(4)19-13-12-17-16(6-2)10-8-11-18(17)19/h8,10-11,14H,4-7,9,12-13H2,1-3H3. The fourth-order valence-corrected chi connectivity index (χ4v) is 3.08. The minimum atomic E-state index is 0.594. The Balaban J connectivity index is 2.16. The molecule has 0 spiro atoms. The molecule has 0 aliphatic carbocycles. The van der Waals surface area contributed by atoms with E-state index < -0.39 is 0 Å². The summed E-state index contributed by atoms with van der Waals surface area (Å²) in [6.45, 7) is 12.3. The van der Waals surface area contributed by atoms with Crippen molar-refractivity contribution < 1.29 is 0 Å². The van der Waals surface area contributed by atoms with Gasteiger partial charge in [-0.25, -0.2) is 0 Å². The lowest BCUT2D eigenvalue weighted by atomic mass is 10.00. The maximum absolute atomic E-state index is 4.37. The van der Waals surface area contributed by atoms with Crippen molar-refractivity contribution >= 4 is 5.69 Å². The van der Waals surface area contributed by atoms with Crippen LogP contribution in [0.15, 0.2) is 30.5 Å². The molecule has 1 aliphatic rings. The molecular weight excluding hydrogens is 230 g/mol. The molecule has 1 aliphatic heterocycles. The zero-order valence-corrected chi connectivity index (χ0v) is 12.7. The topological polar surface area (TPSA) is 3.24 Å². The summed E-state index contributed by atoms with van der Waals surface area (Å²) in [6, 6.07) is 6.73. The van der Waals surface area contributed by atoms with Crippen LogP contribution in [0.5, 0.6) is 0 Å². The first-order valence-corrected chi connectivity index (χ1v) is 7.76. The molecule has 1 heterocycles. The maximum Gasteiger partial charge on any atom is 0.0444 e. The minimum Gasteiger partial charge on any atom is -0.345 e. The van der Waals surface area contributed by atoms with Crippen LogP contribution >= 0.6 is 0 Å². The second-order valence-corrected chi connectivity index (χ2v) is 5.70. The van der Waals surface area contributed by atoms with E-state index in [4.69, 9.17) is 0 Å². The van der Waals surface area contributed by atoms with Crippen LogP contribution in [0.4, 0.5) is 5.69 Å². The van der Waals surface area contributed by atoms with E-state index in [9.17, 15) is 0 Å². The molecule has 0 aromatic heterocycles. The van der Waals surface area contributed by atoms with Gasteiger partial charge in [0.1, 0.15) is 0 Å². The van der Waals surface area contributed by atoms with Crippen molar-refractivity contribution in [2.45, 2.75) is 52.9 Å². The van der Waals surface area contributed by atoms with Crippen LogP contribution in [-0.2, 0) is 12.8 Å². The van der Waals surface area contributed by atoms with Crippen LogP contribution in [0.2, 0.25) is 0 Å². The third-order valence-corrected chi connectivity index (χ3v) is 4.41. The first kappa shape index (κ1) is 14.2. The van der Waals surface area contributed by atoms with E-state index in [0.29, 0.717) is 5.92 Å². The van der Waals surface area contributed by atoms with Gasteiger partial charge in [-0.15, -0.1) is 0 Å². The van der Waals surface area contributed by atoms with Crippen molar-refractivity contribution in [3.05, 3.63) is 41.6 Å². The highest BCUT2D eigenvalue weighted by atomic mass is 15.2. The van der Waals surface area contributed by atoms with Crippen molar-refractivity contribution in [3.63, 3.8) is 0 Å². The molecule has 1 heteroatoms. The lowest BCUT2D eigenvalue weighted by Gasteiger charge is -2.27. The Bertz CT molecular complexity index is 447.